The van der Waals surface area contributed by atoms with Crippen LogP contribution in [0.15, 0.2) is 11.1 Å². The lowest BCUT2D eigenvalue weighted by Crippen LogP contribution is -2.42. The van der Waals surface area contributed by atoms with E-state index in [9.17, 15) is 27.6 Å². The van der Waals surface area contributed by atoms with Crippen molar-refractivity contribution >= 4 is 29.4 Å². The maximum atomic E-state index is 14.2. The van der Waals surface area contributed by atoms with Crippen LogP contribution in [-0.4, -0.2) is 41.4 Å². The molecule has 0 fully saturated rings. The van der Waals surface area contributed by atoms with Crippen molar-refractivity contribution in [2.75, 3.05) is 6.54 Å². The molecule has 12 heteroatoms. The molecule has 1 aromatic rings. The Morgan fingerprint density at radius 1 is 1.26 bits per heavy atom. The monoisotopic (exact) mass is 385 g/mol. The van der Waals surface area contributed by atoms with Gasteiger partial charge in [0.25, 0.3) is 5.91 Å². The smallest absolute Gasteiger partial charge is 0.306 e. The number of halogens is 3. The van der Waals surface area contributed by atoms with E-state index in [0.29, 0.717) is 6.07 Å². The highest BCUT2D eigenvalue weighted by molar-refractivity contribution is 5.98. The van der Waals surface area contributed by atoms with E-state index >= 15 is 0 Å². The zero-order valence-electron chi connectivity index (χ0n) is 13.6. The summed E-state index contributed by atoms with van der Waals surface area (Å²) in [4.78, 5) is 37.4. The Kier molecular flexibility index (Phi) is 7.17. The maximum Gasteiger partial charge on any atom is 0.306 e. The third kappa shape index (κ3) is 5.92. The Balaban J connectivity index is 2.93. The molecule has 1 unspecified atom stereocenters. The summed E-state index contributed by atoms with van der Waals surface area (Å²) < 4.78 is 41.5. The molecule has 1 atom stereocenters. The fourth-order valence-electron chi connectivity index (χ4n) is 1.83. The van der Waals surface area contributed by atoms with Crippen LogP contribution in [0.5, 0.6) is 0 Å². The van der Waals surface area contributed by atoms with E-state index in [1.165, 1.54) is 0 Å². The quantitative estimate of drug-likeness (QED) is 0.181. The van der Waals surface area contributed by atoms with Gasteiger partial charge in [-0.2, -0.15) is 0 Å². The number of terminal acetylenes is 1. The molecule has 0 spiro atoms. The van der Waals surface area contributed by atoms with Gasteiger partial charge in [0, 0.05) is 6.07 Å². The highest BCUT2D eigenvalue weighted by atomic mass is 19.2. The van der Waals surface area contributed by atoms with Crippen molar-refractivity contribution in [3.8, 4) is 12.3 Å². The van der Waals surface area contributed by atoms with Crippen LogP contribution in [0.4, 0.5) is 18.9 Å². The van der Waals surface area contributed by atoms with Crippen LogP contribution in [0, 0.1) is 29.8 Å². The molecule has 0 radical (unpaired) electrons. The summed E-state index contributed by atoms with van der Waals surface area (Å²) in [5.74, 6) is -7.30. The molecule has 0 aliphatic rings. The molecule has 2 amide bonds. The number of amides is 2. The van der Waals surface area contributed by atoms with Crippen LogP contribution >= 0.6 is 0 Å². The van der Waals surface area contributed by atoms with Crippen molar-refractivity contribution in [1.29, 1.82) is 0 Å². The number of carboxylic acid groups (broad SMARTS) is 1. The number of carboxylic acids is 1. The second kappa shape index (κ2) is 9.09. The molecule has 0 aliphatic carbocycles. The Morgan fingerprint density at radius 2 is 1.89 bits per heavy atom. The van der Waals surface area contributed by atoms with Crippen molar-refractivity contribution in [1.82, 2.24) is 10.6 Å². The van der Waals surface area contributed by atoms with Gasteiger partial charge in [-0.15, -0.1) is 6.42 Å². The largest absolute Gasteiger partial charge is 0.481 e. The summed E-state index contributed by atoms with van der Waals surface area (Å²) in [7, 11) is 0. The van der Waals surface area contributed by atoms with E-state index in [-0.39, 0.29) is 0 Å². The fraction of sp³-hybridized carbons (Fsp3) is 0.200. The molecule has 0 saturated carbocycles. The summed E-state index contributed by atoms with van der Waals surface area (Å²) in [6, 6.07) is -0.819. The van der Waals surface area contributed by atoms with E-state index in [1.807, 2.05) is 11.2 Å². The number of hydrogen-bond donors (Lipinski definition) is 5. The van der Waals surface area contributed by atoms with E-state index in [2.05, 4.69) is 10.3 Å². The number of nitrogens with one attached hydrogen (secondary N) is 2. The number of guanidine groups is 1. The first-order chi connectivity index (χ1) is 12.6. The summed E-state index contributed by atoms with van der Waals surface area (Å²) in [5.41, 5.74) is 7.90. The number of aliphatic carboxylic acids is 1. The Hall–Kier alpha value is -3.75. The van der Waals surface area contributed by atoms with Crippen molar-refractivity contribution in [2.24, 2.45) is 16.5 Å². The molecule has 0 aliphatic heterocycles. The van der Waals surface area contributed by atoms with Gasteiger partial charge in [0.05, 0.1) is 13.0 Å². The number of aliphatic imine (C=N–C) groups is 1. The zero-order valence-corrected chi connectivity index (χ0v) is 13.6. The maximum absolute atomic E-state index is 14.2. The van der Waals surface area contributed by atoms with Crippen LogP contribution < -0.4 is 22.1 Å². The lowest BCUT2D eigenvalue weighted by Gasteiger charge is -2.12. The van der Waals surface area contributed by atoms with Crippen LogP contribution in [0.3, 0.4) is 0 Å². The van der Waals surface area contributed by atoms with Gasteiger partial charge in [-0.3, -0.25) is 14.4 Å². The van der Waals surface area contributed by atoms with Gasteiger partial charge in [-0.1, -0.05) is 5.92 Å². The van der Waals surface area contributed by atoms with E-state index < -0.39 is 71.5 Å². The third-order valence-corrected chi connectivity index (χ3v) is 2.94. The molecular weight excluding hydrogens is 371 g/mol. The normalized spacial score (nSPS) is 11.0. The highest BCUT2D eigenvalue weighted by Crippen LogP contribution is 2.26. The molecule has 1 rings (SSSR count). The minimum Gasteiger partial charge on any atom is -0.481 e. The second-order valence-corrected chi connectivity index (χ2v) is 4.98. The molecule has 7 N–H and O–H groups in total. The van der Waals surface area contributed by atoms with E-state index in [1.54, 1.807) is 0 Å². The average molecular weight is 385 g/mol. The fourth-order valence-corrected chi connectivity index (χ4v) is 1.83. The van der Waals surface area contributed by atoms with Gasteiger partial charge in [-0.05, 0) is 0 Å². The van der Waals surface area contributed by atoms with Crippen LogP contribution in [-0.2, 0) is 9.59 Å². The summed E-state index contributed by atoms with van der Waals surface area (Å²) >= 11 is 0. The SMILES string of the molecule is C#CC(CC(=O)O)NC(=O)CNC(=O)c1c(F)c(F)cc(N=C(N)N)c1F. The summed E-state index contributed by atoms with van der Waals surface area (Å²) in [6.07, 6.45) is 4.46. The summed E-state index contributed by atoms with van der Waals surface area (Å²) in [5, 5.41) is 12.5. The van der Waals surface area contributed by atoms with Gasteiger partial charge in [0.2, 0.25) is 5.91 Å². The van der Waals surface area contributed by atoms with Gasteiger partial charge in [0.1, 0.15) is 17.3 Å². The van der Waals surface area contributed by atoms with E-state index in [0.717, 1.165) is 0 Å². The number of rotatable bonds is 7. The first kappa shape index (κ1) is 21.3. The first-order valence-electron chi connectivity index (χ1n) is 7.09. The minimum atomic E-state index is -1.81. The van der Waals surface area contributed by atoms with Crippen LogP contribution in [0.1, 0.15) is 16.8 Å². The van der Waals surface area contributed by atoms with Gasteiger partial charge >= 0.3 is 5.97 Å². The number of nitrogens with zero attached hydrogens (tertiary/aromatic N) is 1. The number of hydrogen-bond acceptors (Lipinski definition) is 4. The highest BCUT2D eigenvalue weighted by Gasteiger charge is 2.25. The predicted molar refractivity (Wildman–Crippen MR) is 87.1 cm³/mol. The molecule has 144 valence electrons. The van der Waals surface area contributed by atoms with Crippen molar-refractivity contribution in [3.63, 3.8) is 0 Å². The Labute approximate surface area is 150 Å². The van der Waals surface area contributed by atoms with Crippen LogP contribution in [0.25, 0.3) is 0 Å². The Bertz CT molecular complexity index is 847. The van der Waals surface area contributed by atoms with Crippen molar-refractivity contribution in [2.45, 2.75) is 12.5 Å². The average Bonchev–Trinajstić information content (AvgIpc) is 2.56. The number of carbonyl (C=O) groups is 3. The molecule has 0 aromatic heterocycles. The lowest BCUT2D eigenvalue weighted by atomic mass is 10.1. The standard InChI is InChI=1S/C15H14F3N5O4/c1-2-6(3-10(25)26)22-9(24)5-21-14(27)11-12(17)7(16)4-8(13(11)18)23-15(19)20/h1,4,6H,3,5H2,(H,21,27)(H,22,24)(H,25,26)(H4,19,20,23). The first-order valence-corrected chi connectivity index (χ1v) is 7.09. The topological polar surface area (TPSA) is 160 Å². The van der Waals surface area contributed by atoms with Gasteiger partial charge in [-0.25, -0.2) is 18.2 Å². The molecular formula is C15H14F3N5O4. The number of nitrogens with two attached hydrogens (primary N) is 2. The molecule has 27 heavy (non-hydrogen) atoms. The van der Waals surface area contributed by atoms with Crippen molar-refractivity contribution in [3.05, 3.63) is 29.1 Å². The molecule has 0 saturated heterocycles. The molecule has 9 nitrogen and oxygen atoms in total. The minimum absolute atomic E-state index is 0.345. The number of benzene rings is 1. The van der Waals surface area contributed by atoms with E-state index in [4.69, 9.17) is 23.0 Å². The zero-order chi connectivity index (χ0) is 20.7. The third-order valence-electron chi connectivity index (χ3n) is 2.94. The summed E-state index contributed by atoms with van der Waals surface area (Å²) in [6.45, 7) is -0.816. The Morgan fingerprint density at radius 3 is 2.41 bits per heavy atom. The molecule has 0 heterocycles. The molecule has 1 aromatic carbocycles. The van der Waals surface area contributed by atoms with Crippen molar-refractivity contribution < 1.29 is 32.7 Å². The lowest BCUT2D eigenvalue weighted by molar-refractivity contribution is -0.137. The predicted octanol–water partition coefficient (Wildman–Crippen LogP) is -0.669. The van der Waals surface area contributed by atoms with Crippen LogP contribution in [0.2, 0.25) is 0 Å². The van der Waals surface area contributed by atoms with Gasteiger partial charge in [0.15, 0.2) is 23.4 Å². The molecule has 0 bridgehead atoms. The van der Waals surface area contributed by atoms with Gasteiger partial charge < -0.3 is 27.2 Å². The number of carbonyl (C=O) groups excluding carboxylic acids is 2. The second-order valence-electron chi connectivity index (χ2n) is 4.98.